The molecule has 0 saturated heterocycles. The summed E-state index contributed by atoms with van der Waals surface area (Å²) in [5.41, 5.74) is 1.66. The zero-order valence-electron chi connectivity index (χ0n) is 14.0. The van der Waals surface area contributed by atoms with Crippen molar-refractivity contribution < 1.29 is 14.0 Å². The van der Waals surface area contributed by atoms with Crippen LogP contribution in [0.25, 0.3) is 10.8 Å². The molecule has 2 heterocycles. The van der Waals surface area contributed by atoms with Crippen LogP contribution in [-0.4, -0.2) is 23.8 Å². The highest BCUT2D eigenvalue weighted by molar-refractivity contribution is 7.17. The van der Waals surface area contributed by atoms with E-state index in [4.69, 9.17) is 4.42 Å². The van der Waals surface area contributed by atoms with Crippen LogP contribution in [0.5, 0.6) is 0 Å². The molecule has 128 valence electrons. The first-order valence-electron chi connectivity index (χ1n) is 7.65. The molecule has 0 radical (unpaired) electrons. The number of nitrogens with one attached hydrogen (secondary N) is 2. The second-order valence-corrected chi connectivity index (χ2v) is 6.46. The fraction of sp³-hybridized carbons (Fsp3) is 0.167. The Morgan fingerprint density at radius 3 is 2.60 bits per heavy atom. The average Bonchev–Trinajstić information content (AvgIpc) is 3.20. The number of carbonyl (C=O) groups excluding carboxylic acids is 2. The molecule has 2 aromatic heterocycles. The number of furan rings is 1. The summed E-state index contributed by atoms with van der Waals surface area (Å²) in [7, 11) is 1.56. The van der Waals surface area contributed by atoms with E-state index in [1.165, 1.54) is 11.3 Å². The van der Waals surface area contributed by atoms with Gasteiger partial charge in [0.1, 0.15) is 10.6 Å². The molecule has 1 aromatic carbocycles. The van der Waals surface area contributed by atoms with Gasteiger partial charge in [0.25, 0.3) is 11.8 Å². The van der Waals surface area contributed by atoms with E-state index in [1.807, 2.05) is 19.1 Å². The molecule has 0 atom stereocenters. The Bertz CT molecular complexity index is 943. The zero-order valence-corrected chi connectivity index (χ0v) is 14.9. The largest absolute Gasteiger partial charge is 0.459 e. The smallest absolute Gasteiger partial charge is 0.267 e. The molecule has 7 heteroatoms. The third kappa shape index (κ3) is 3.61. The van der Waals surface area contributed by atoms with Gasteiger partial charge in [0, 0.05) is 18.3 Å². The highest BCUT2D eigenvalue weighted by atomic mass is 32.1. The maximum absolute atomic E-state index is 12.6. The minimum absolute atomic E-state index is 0.208. The second-order valence-electron chi connectivity index (χ2n) is 5.46. The summed E-state index contributed by atoms with van der Waals surface area (Å²) in [4.78, 5) is 29.2. The van der Waals surface area contributed by atoms with E-state index in [0.717, 1.165) is 5.76 Å². The van der Waals surface area contributed by atoms with Gasteiger partial charge >= 0.3 is 0 Å². The van der Waals surface area contributed by atoms with Crippen molar-refractivity contribution in [3.8, 4) is 10.8 Å². The van der Waals surface area contributed by atoms with Gasteiger partial charge in [-0.1, -0.05) is 6.07 Å². The molecule has 0 unspecified atom stereocenters. The minimum Gasteiger partial charge on any atom is -0.459 e. The number of aromatic nitrogens is 1. The van der Waals surface area contributed by atoms with Gasteiger partial charge in [0.05, 0.1) is 5.69 Å². The van der Waals surface area contributed by atoms with Crippen molar-refractivity contribution in [3.05, 3.63) is 58.3 Å². The number of hydrogen-bond donors (Lipinski definition) is 2. The van der Waals surface area contributed by atoms with Crippen LogP contribution in [0.2, 0.25) is 0 Å². The SMILES string of the molecule is CNC(=O)c1cccc(NC(=O)c2sc(-c3ccc(C)o3)nc2C)c1. The first-order valence-corrected chi connectivity index (χ1v) is 8.47. The molecule has 0 spiro atoms. The monoisotopic (exact) mass is 355 g/mol. The van der Waals surface area contributed by atoms with Gasteiger partial charge in [-0.05, 0) is 44.2 Å². The lowest BCUT2D eigenvalue weighted by Crippen LogP contribution is -2.18. The lowest BCUT2D eigenvalue weighted by atomic mass is 10.2. The van der Waals surface area contributed by atoms with E-state index in [-0.39, 0.29) is 11.8 Å². The lowest BCUT2D eigenvalue weighted by molar-refractivity contribution is 0.0961. The van der Waals surface area contributed by atoms with Gasteiger partial charge in [0.15, 0.2) is 10.8 Å². The van der Waals surface area contributed by atoms with Crippen LogP contribution in [0.4, 0.5) is 5.69 Å². The predicted octanol–water partition coefficient (Wildman–Crippen LogP) is 3.63. The third-order valence-electron chi connectivity index (χ3n) is 3.56. The molecule has 0 saturated carbocycles. The molecule has 3 rings (SSSR count). The van der Waals surface area contributed by atoms with E-state index >= 15 is 0 Å². The van der Waals surface area contributed by atoms with Crippen molar-refractivity contribution in [1.82, 2.24) is 10.3 Å². The predicted molar refractivity (Wildman–Crippen MR) is 97.1 cm³/mol. The summed E-state index contributed by atoms with van der Waals surface area (Å²) >= 11 is 1.27. The van der Waals surface area contributed by atoms with Crippen molar-refractivity contribution in [2.75, 3.05) is 12.4 Å². The van der Waals surface area contributed by atoms with Crippen LogP contribution in [0.1, 0.15) is 31.5 Å². The van der Waals surface area contributed by atoms with Gasteiger partial charge in [-0.15, -0.1) is 11.3 Å². The highest BCUT2D eigenvalue weighted by Gasteiger charge is 2.18. The molecular formula is C18H17N3O3S. The van der Waals surface area contributed by atoms with Crippen LogP contribution in [0.15, 0.2) is 40.8 Å². The van der Waals surface area contributed by atoms with Gasteiger partial charge in [-0.2, -0.15) is 0 Å². The maximum atomic E-state index is 12.6. The molecule has 0 aliphatic carbocycles. The Labute approximate surface area is 148 Å². The van der Waals surface area contributed by atoms with E-state index in [9.17, 15) is 9.59 Å². The second kappa shape index (κ2) is 6.90. The molecule has 0 aliphatic rings. The van der Waals surface area contributed by atoms with Crippen LogP contribution in [-0.2, 0) is 0 Å². The van der Waals surface area contributed by atoms with E-state index < -0.39 is 0 Å². The van der Waals surface area contributed by atoms with Crippen LogP contribution < -0.4 is 10.6 Å². The van der Waals surface area contributed by atoms with Crippen LogP contribution in [0, 0.1) is 13.8 Å². The summed E-state index contributed by atoms with van der Waals surface area (Å²) in [6.07, 6.45) is 0. The van der Waals surface area contributed by atoms with Crippen molar-refractivity contribution in [2.24, 2.45) is 0 Å². The van der Waals surface area contributed by atoms with Gasteiger partial charge in [-0.3, -0.25) is 9.59 Å². The first-order chi connectivity index (χ1) is 12.0. The van der Waals surface area contributed by atoms with E-state index in [1.54, 1.807) is 38.2 Å². The number of rotatable bonds is 4. The molecule has 6 nitrogen and oxygen atoms in total. The Morgan fingerprint density at radius 1 is 1.12 bits per heavy atom. The number of amides is 2. The molecule has 3 aromatic rings. The Balaban J connectivity index is 1.82. The van der Waals surface area contributed by atoms with Crippen LogP contribution in [0.3, 0.4) is 0 Å². The summed E-state index contributed by atoms with van der Waals surface area (Å²) in [6, 6.07) is 10.5. The number of aryl methyl sites for hydroxylation is 2. The summed E-state index contributed by atoms with van der Waals surface area (Å²) in [5.74, 6) is 0.963. The number of hydrogen-bond acceptors (Lipinski definition) is 5. The Kier molecular flexibility index (Phi) is 4.67. The fourth-order valence-corrected chi connectivity index (χ4v) is 3.26. The number of thiazole rings is 1. The number of nitrogens with zero attached hydrogens (tertiary/aromatic N) is 1. The maximum Gasteiger partial charge on any atom is 0.267 e. The van der Waals surface area contributed by atoms with Gasteiger partial charge < -0.3 is 15.1 Å². The molecule has 0 fully saturated rings. The zero-order chi connectivity index (χ0) is 18.0. The topological polar surface area (TPSA) is 84.2 Å². The number of carbonyl (C=O) groups is 2. The summed E-state index contributed by atoms with van der Waals surface area (Å²) in [6.45, 7) is 3.64. The highest BCUT2D eigenvalue weighted by Crippen LogP contribution is 2.29. The molecule has 25 heavy (non-hydrogen) atoms. The standard InChI is InChI=1S/C18H17N3O3S/c1-10-7-8-14(24-10)18-20-11(2)15(25-18)17(23)21-13-6-4-5-12(9-13)16(22)19-3/h4-9H,1-3H3,(H,19,22)(H,21,23). The van der Waals surface area contributed by atoms with Gasteiger partial charge in [0.2, 0.25) is 0 Å². The molecular weight excluding hydrogens is 338 g/mol. The molecule has 2 amide bonds. The Hall–Kier alpha value is -2.93. The molecule has 0 bridgehead atoms. The molecule has 0 aliphatic heterocycles. The van der Waals surface area contributed by atoms with E-state index in [0.29, 0.717) is 32.6 Å². The molecule has 2 N–H and O–H groups in total. The number of benzene rings is 1. The quantitative estimate of drug-likeness (QED) is 0.748. The Morgan fingerprint density at radius 2 is 1.92 bits per heavy atom. The first kappa shape index (κ1) is 16.9. The fourth-order valence-electron chi connectivity index (χ4n) is 2.33. The summed E-state index contributed by atoms with van der Waals surface area (Å²) < 4.78 is 5.56. The van der Waals surface area contributed by atoms with Crippen molar-refractivity contribution in [1.29, 1.82) is 0 Å². The van der Waals surface area contributed by atoms with Crippen molar-refractivity contribution in [3.63, 3.8) is 0 Å². The van der Waals surface area contributed by atoms with Crippen molar-refractivity contribution >= 4 is 28.8 Å². The minimum atomic E-state index is -0.265. The van der Waals surface area contributed by atoms with Crippen molar-refractivity contribution in [2.45, 2.75) is 13.8 Å². The normalized spacial score (nSPS) is 10.5. The average molecular weight is 355 g/mol. The number of anilines is 1. The third-order valence-corrected chi connectivity index (χ3v) is 4.73. The van der Waals surface area contributed by atoms with Gasteiger partial charge in [-0.25, -0.2) is 4.98 Å². The lowest BCUT2D eigenvalue weighted by Gasteiger charge is -2.06. The summed E-state index contributed by atoms with van der Waals surface area (Å²) in [5, 5.41) is 6.03. The van der Waals surface area contributed by atoms with Crippen LogP contribution >= 0.6 is 11.3 Å². The van der Waals surface area contributed by atoms with E-state index in [2.05, 4.69) is 15.6 Å².